The zero-order valence-electron chi connectivity index (χ0n) is 11.7. The molecule has 1 saturated carbocycles. The van der Waals surface area contributed by atoms with Crippen molar-refractivity contribution in [3.8, 4) is 0 Å². The van der Waals surface area contributed by atoms with Gasteiger partial charge in [0, 0.05) is 12.1 Å². The average Bonchev–Trinajstić information content (AvgIpc) is 2.66. The maximum absolute atomic E-state index is 13.8. The lowest BCUT2D eigenvalue weighted by atomic mass is 9.79. The van der Waals surface area contributed by atoms with Gasteiger partial charge in [0.2, 0.25) is 5.95 Å². The fourth-order valence-electron chi connectivity index (χ4n) is 3.49. The van der Waals surface area contributed by atoms with E-state index in [1.807, 2.05) is 4.57 Å². The van der Waals surface area contributed by atoms with E-state index in [0.29, 0.717) is 22.4 Å². The highest BCUT2D eigenvalue weighted by Crippen LogP contribution is 2.40. The summed E-state index contributed by atoms with van der Waals surface area (Å²) in [5.41, 5.74) is 7.65. The van der Waals surface area contributed by atoms with Crippen LogP contribution in [0.1, 0.15) is 39.2 Å². The molecule has 1 aromatic heterocycles. The predicted octanol–water partition coefficient (Wildman–Crippen LogP) is 4.52. The van der Waals surface area contributed by atoms with E-state index in [2.05, 4.69) is 34.8 Å². The van der Waals surface area contributed by atoms with Gasteiger partial charge >= 0.3 is 0 Å². The van der Waals surface area contributed by atoms with E-state index in [0.717, 1.165) is 23.4 Å². The largest absolute Gasteiger partial charge is 0.369 e. The van der Waals surface area contributed by atoms with E-state index < -0.39 is 0 Å². The van der Waals surface area contributed by atoms with Crippen LogP contribution in [0.15, 0.2) is 16.6 Å². The first kappa shape index (κ1) is 13.9. The van der Waals surface area contributed by atoms with Crippen LogP contribution in [0.3, 0.4) is 0 Å². The summed E-state index contributed by atoms with van der Waals surface area (Å²) in [6, 6.07) is 3.55. The van der Waals surface area contributed by atoms with Crippen LogP contribution in [0.5, 0.6) is 0 Å². The maximum atomic E-state index is 13.8. The van der Waals surface area contributed by atoms with Crippen molar-refractivity contribution in [2.75, 3.05) is 5.73 Å². The molecule has 20 heavy (non-hydrogen) atoms. The molecule has 3 unspecified atom stereocenters. The van der Waals surface area contributed by atoms with Crippen molar-refractivity contribution < 1.29 is 4.39 Å². The molecule has 1 aliphatic rings. The number of imidazole rings is 1. The molecular formula is C15H19BrFN3. The molecule has 3 nitrogen and oxygen atoms in total. The summed E-state index contributed by atoms with van der Waals surface area (Å²) >= 11 is 3.20. The van der Waals surface area contributed by atoms with Crippen molar-refractivity contribution in [1.29, 1.82) is 0 Å². The van der Waals surface area contributed by atoms with Crippen LogP contribution in [0, 0.1) is 17.7 Å². The topological polar surface area (TPSA) is 43.8 Å². The van der Waals surface area contributed by atoms with E-state index >= 15 is 0 Å². The number of rotatable bonds is 1. The average molecular weight is 340 g/mol. The first-order valence-electron chi connectivity index (χ1n) is 7.09. The Morgan fingerprint density at radius 3 is 2.80 bits per heavy atom. The number of fused-ring (bicyclic) bond motifs is 1. The van der Waals surface area contributed by atoms with Crippen LogP contribution in [-0.4, -0.2) is 9.55 Å². The quantitative estimate of drug-likeness (QED) is 0.830. The number of anilines is 1. The summed E-state index contributed by atoms with van der Waals surface area (Å²) in [5.74, 6) is 1.51. The van der Waals surface area contributed by atoms with E-state index in [1.165, 1.54) is 18.9 Å². The van der Waals surface area contributed by atoms with E-state index in [-0.39, 0.29) is 5.82 Å². The molecule has 0 bridgehead atoms. The minimum Gasteiger partial charge on any atom is -0.369 e. The third-order valence-electron chi connectivity index (χ3n) is 4.48. The van der Waals surface area contributed by atoms with Gasteiger partial charge in [-0.25, -0.2) is 9.37 Å². The second kappa shape index (κ2) is 5.02. The molecule has 0 aliphatic heterocycles. The normalized spacial score (nSPS) is 27.1. The van der Waals surface area contributed by atoms with Crippen LogP contribution in [0.2, 0.25) is 0 Å². The molecule has 1 fully saturated rings. The number of hydrogen-bond acceptors (Lipinski definition) is 2. The lowest BCUT2D eigenvalue weighted by Gasteiger charge is -2.34. The Morgan fingerprint density at radius 1 is 1.35 bits per heavy atom. The fourth-order valence-corrected chi connectivity index (χ4v) is 3.82. The predicted molar refractivity (Wildman–Crippen MR) is 83.0 cm³/mol. The Bertz CT molecular complexity index is 652. The Balaban J connectivity index is 2.11. The number of benzene rings is 1. The highest BCUT2D eigenvalue weighted by molar-refractivity contribution is 9.10. The SMILES string of the molecule is CC1CCC(n2c(N)nc3cc(Br)c(F)cc32)C(C)C1. The molecule has 2 N–H and O–H groups in total. The number of nitrogens with two attached hydrogens (primary N) is 1. The highest BCUT2D eigenvalue weighted by atomic mass is 79.9. The minimum absolute atomic E-state index is 0.268. The van der Waals surface area contributed by atoms with E-state index in [1.54, 1.807) is 6.07 Å². The molecule has 3 rings (SSSR count). The molecular weight excluding hydrogens is 321 g/mol. The van der Waals surface area contributed by atoms with Crippen molar-refractivity contribution in [3.63, 3.8) is 0 Å². The van der Waals surface area contributed by atoms with Gasteiger partial charge in [0.25, 0.3) is 0 Å². The van der Waals surface area contributed by atoms with Gasteiger partial charge in [-0.05, 0) is 53.1 Å². The van der Waals surface area contributed by atoms with Crippen LogP contribution < -0.4 is 5.73 Å². The number of hydrogen-bond donors (Lipinski definition) is 1. The zero-order chi connectivity index (χ0) is 14.4. The van der Waals surface area contributed by atoms with Crippen LogP contribution in [0.4, 0.5) is 10.3 Å². The summed E-state index contributed by atoms with van der Waals surface area (Å²) < 4.78 is 16.3. The monoisotopic (exact) mass is 339 g/mol. The second-order valence-electron chi connectivity index (χ2n) is 6.06. The lowest BCUT2D eigenvalue weighted by molar-refractivity contribution is 0.213. The second-order valence-corrected chi connectivity index (χ2v) is 6.91. The van der Waals surface area contributed by atoms with Gasteiger partial charge in [0.1, 0.15) is 5.82 Å². The summed E-state index contributed by atoms with van der Waals surface area (Å²) in [6.45, 7) is 4.54. The summed E-state index contributed by atoms with van der Waals surface area (Å²) in [5, 5.41) is 0. The Kier molecular flexibility index (Phi) is 3.48. The van der Waals surface area contributed by atoms with Crippen molar-refractivity contribution >= 4 is 32.9 Å². The minimum atomic E-state index is -0.268. The zero-order valence-corrected chi connectivity index (χ0v) is 13.3. The molecule has 1 heterocycles. The molecule has 2 aromatic rings. The molecule has 1 aromatic carbocycles. The smallest absolute Gasteiger partial charge is 0.201 e. The molecule has 0 spiro atoms. The first-order valence-corrected chi connectivity index (χ1v) is 7.89. The van der Waals surface area contributed by atoms with E-state index in [9.17, 15) is 4.39 Å². The third kappa shape index (κ3) is 2.22. The summed E-state index contributed by atoms with van der Waals surface area (Å²) in [7, 11) is 0. The van der Waals surface area contributed by atoms with Crippen molar-refractivity contribution in [2.24, 2.45) is 11.8 Å². The third-order valence-corrected chi connectivity index (χ3v) is 5.08. The molecule has 0 amide bonds. The van der Waals surface area contributed by atoms with Gasteiger partial charge in [-0.2, -0.15) is 0 Å². The molecule has 0 saturated heterocycles. The molecule has 3 atom stereocenters. The van der Waals surface area contributed by atoms with Crippen LogP contribution in [0.25, 0.3) is 11.0 Å². The lowest BCUT2D eigenvalue weighted by Crippen LogP contribution is -2.25. The van der Waals surface area contributed by atoms with Gasteiger partial charge in [0.15, 0.2) is 0 Å². The van der Waals surface area contributed by atoms with Gasteiger partial charge in [0.05, 0.1) is 15.5 Å². The molecule has 1 aliphatic carbocycles. The molecule has 0 radical (unpaired) electrons. The number of aromatic nitrogens is 2. The summed E-state index contributed by atoms with van der Waals surface area (Å²) in [4.78, 5) is 4.39. The first-order chi connectivity index (χ1) is 9.47. The molecule has 108 valence electrons. The number of halogens is 2. The maximum Gasteiger partial charge on any atom is 0.201 e. The fraction of sp³-hybridized carbons (Fsp3) is 0.533. The molecule has 5 heteroatoms. The number of nitrogens with zero attached hydrogens (tertiary/aromatic N) is 2. The number of nitrogen functional groups attached to an aromatic ring is 1. The Morgan fingerprint density at radius 2 is 2.10 bits per heavy atom. The highest BCUT2D eigenvalue weighted by Gasteiger charge is 2.29. The van der Waals surface area contributed by atoms with Gasteiger partial charge in [-0.3, -0.25) is 0 Å². The van der Waals surface area contributed by atoms with Crippen molar-refractivity contribution in [2.45, 2.75) is 39.2 Å². The van der Waals surface area contributed by atoms with E-state index in [4.69, 9.17) is 5.73 Å². The Hall–Kier alpha value is -1.10. The Labute approximate surface area is 126 Å². The van der Waals surface area contributed by atoms with Gasteiger partial charge in [-0.1, -0.05) is 13.8 Å². The van der Waals surface area contributed by atoms with Gasteiger partial charge in [-0.15, -0.1) is 0 Å². The van der Waals surface area contributed by atoms with Crippen molar-refractivity contribution in [3.05, 3.63) is 22.4 Å². The van der Waals surface area contributed by atoms with Crippen LogP contribution in [-0.2, 0) is 0 Å². The standard InChI is InChI=1S/C15H19BrFN3/c1-8-3-4-13(9(2)5-8)20-14-7-11(17)10(16)6-12(14)19-15(20)18/h6-9,13H,3-5H2,1-2H3,(H2,18,19). The van der Waals surface area contributed by atoms with Crippen molar-refractivity contribution in [1.82, 2.24) is 9.55 Å². The summed E-state index contributed by atoms with van der Waals surface area (Å²) in [6.07, 6.45) is 3.45. The van der Waals surface area contributed by atoms with Crippen LogP contribution >= 0.6 is 15.9 Å². The van der Waals surface area contributed by atoms with Gasteiger partial charge < -0.3 is 10.3 Å².